The van der Waals surface area contributed by atoms with E-state index in [1.54, 1.807) is 0 Å². The highest BCUT2D eigenvalue weighted by molar-refractivity contribution is 5.81. The number of hydrogen-bond acceptors (Lipinski definition) is 4. The van der Waals surface area contributed by atoms with Crippen molar-refractivity contribution in [2.75, 3.05) is 6.61 Å². The normalized spacial score (nSPS) is 12.0. The molecule has 3 aromatic carbocycles. The largest absolute Gasteiger partial charge is 0.490 e. The number of aromatic nitrogens is 2. The van der Waals surface area contributed by atoms with Crippen LogP contribution in [0.15, 0.2) is 66.7 Å². The Morgan fingerprint density at radius 2 is 1.71 bits per heavy atom. The molecule has 0 saturated carbocycles. The molecule has 0 unspecified atom stereocenters. The Morgan fingerprint density at radius 3 is 2.50 bits per heavy atom. The second kappa shape index (κ2) is 10.5. The topological polar surface area (TPSA) is 76.4 Å². The summed E-state index contributed by atoms with van der Waals surface area (Å²) < 4.78 is 7.93. The first-order chi connectivity index (χ1) is 16.4. The highest BCUT2D eigenvalue weighted by Crippen LogP contribution is 2.26. The summed E-state index contributed by atoms with van der Waals surface area (Å²) in [6, 6.07) is 21.6. The Kier molecular flexibility index (Phi) is 7.28. The fourth-order valence-electron chi connectivity index (χ4n) is 4.06. The molecule has 6 heteroatoms. The molecule has 0 spiro atoms. The number of benzene rings is 3. The zero-order valence-electron chi connectivity index (χ0n) is 19.9. The Bertz CT molecular complexity index is 1280. The number of carbonyl (C=O) groups excluding carboxylic acids is 1. The van der Waals surface area contributed by atoms with Gasteiger partial charge < -0.3 is 19.7 Å². The van der Waals surface area contributed by atoms with Crippen molar-refractivity contribution < 1.29 is 14.6 Å². The number of hydrogen-bond donors (Lipinski definition) is 2. The number of para-hydroxylation sites is 2. The smallest absolute Gasteiger partial charge is 0.227 e. The number of aliphatic hydroxyl groups excluding tert-OH is 1. The predicted molar refractivity (Wildman–Crippen MR) is 134 cm³/mol. The van der Waals surface area contributed by atoms with E-state index in [-0.39, 0.29) is 25.5 Å². The van der Waals surface area contributed by atoms with Gasteiger partial charge in [0.1, 0.15) is 24.3 Å². The zero-order chi connectivity index (χ0) is 24.1. The quantitative estimate of drug-likeness (QED) is 0.394. The van der Waals surface area contributed by atoms with E-state index in [2.05, 4.69) is 16.4 Å². The van der Waals surface area contributed by atoms with Gasteiger partial charge in [0, 0.05) is 6.54 Å². The molecule has 4 rings (SSSR count). The number of amides is 1. The minimum absolute atomic E-state index is 0.114. The van der Waals surface area contributed by atoms with Crippen molar-refractivity contribution in [3.8, 4) is 5.75 Å². The number of nitrogens with zero attached hydrogens (tertiary/aromatic N) is 2. The Morgan fingerprint density at radius 1 is 1.00 bits per heavy atom. The molecule has 2 N–H and O–H groups in total. The third-order valence-corrected chi connectivity index (χ3v) is 6.07. The van der Waals surface area contributed by atoms with Crippen molar-refractivity contribution in [1.82, 2.24) is 14.9 Å². The van der Waals surface area contributed by atoms with E-state index in [0.717, 1.165) is 39.0 Å². The Hall–Kier alpha value is -3.64. The number of ether oxygens (including phenoxy) is 1. The van der Waals surface area contributed by atoms with Gasteiger partial charge in [-0.1, -0.05) is 54.6 Å². The summed E-state index contributed by atoms with van der Waals surface area (Å²) >= 11 is 0. The van der Waals surface area contributed by atoms with Gasteiger partial charge in [0.05, 0.1) is 24.0 Å². The lowest BCUT2D eigenvalue weighted by atomic mass is 10.1. The third kappa shape index (κ3) is 5.46. The van der Waals surface area contributed by atoms with Crippen molar-refractivity contribution in [2.24, 2.45) is 0 Å². The van der Waals surface area contributed by atoms with Crippen molar-refractivity contribution in [3.05, 3.63) is 94.8 Å². The van der Waals surface area contributed by atoms with Crippen LogP contribution in [0.5, 0.6) is 5.75 Å². The highest BCUT2D eigenvalue weighted by Gasteiger charge is 2.18. The summed E-state index contributed by atoms with van der Waals surface area (Å²) in [4.78, 5) is 17.3. The van der Waals surface area contributed by atoms with Crippen LogP contribution in [0.1, 0.15) is 28.1 Å². The molecule has 0 bridgehead atoms. The standard InChI is InChI=1S/C28H31N3O3/c1-19-13-14-20(2)28(21(19)3)34-18-23(32)17-31-25-12-8-7-11-24(25)30-26(31)15-27(33)29-16-22-9-5-4-6-10-22/h4-14,23,32H,15-18H2,1-3H3,(H,29,33)/t23-/m1/s1. The molecule has 1 amide bonds. The van der Waals surface area contributed by atoms with Gasteiger partial charge in [-0.2, -0.15) is 0 Å². The Labute approximate surface area is 200 Å². The van der Waals surface area contributed by atoms with E-state index in [0.29, 0.717) is 12.4 Å². The third-order valence-electron chi connectivity index (χ3n) is 6.07. The van der Waals surface area contributed by atoms with E-state index in [4.69, 9.17) is 4.74 Å². The first-order valence-electron chi connectivity index (χ1n) is 11.5. The lowest BCUT2D eigenvalue weighted by molar-refractivity contribution is -0.120. The summed E-state index contributed by atoms with van der Waals surface area (Å²) in [6.45, 7) is 6.97. The van der Waals surface area contributed by atoms with E-state index >= 15 is 0 Å². The molecular formula is C28H31N3O3. The molecule has 1 atom stereocenters. The Balaban J connectivity index is 1.46. The van der Waals surface area contributed by atoms with Crippen LogP contribution in [-0.2, 0) is 24.3 Å². The average molecular weight is 458 g/mol. The van der Waals surface area contributed by atoms with Crippen LogP contribution >= 0.6 is 0 Å². The lowest BCUT2D eigenvalue weighted by Crippen LogP contribution is -2.28. The number of imidazole rings is 1. The molecule has 0 saturated heterocycles. The average Bonchev–Trinajstić information content (AvgIpc) is 3.17. The highest BCUT2D eigenvalue weighted by atomic mass is 16.5. The number of aliphatic hydroxyl groups is 1. The molecule has 6 nitrogen and oxygen atoms in total. The monoisotopic (exact) mass is 457 g/mol. The van der Waals surface area contributed by atoms with Crippen LogP contribution in [0.3, 0.4) is 0 Å². The second-order valence-corrected chi connectivity index (χ2v) is 8.68. The molecule has 176 valence electrons. The lowest BCUT2D eigenvalue weighted by Gasteiger charge is -2.18. The van der Waals surface area contributed by atoms with Crippen molar-refractivity contribution in [3.63, 3.8) is 0 Å². The number of carbonyl (C=O) groups is 1. The first kappa shape index (κ1) is 23.5. The second-order valence-electron chi connectivity index (χ2n) is 8.68. The van der Waals surface area contributed by atoms with Crippen LogP contribution in [0.4, 0.5) is 0 Å². The minimum atomic E-state index is -0.761. The van der Waals surface area contributed by atoms with Gasteiger partial charge in [0.2, 0.25) is 5.91 Å². The molecule has 34 heavy (non-hydrogen) atoms. The molecule has 1 aromatic heterocycles. The number of fused-ring (bicyclic) bond motifs is 1. The fourth-order valence-corrected chi connectivity index (χ4v) is 4.06. The molecule has 0 aliphatic heterocycles. The summed E-state index contributed by atoms with van der Waals surface area (Å²) in [6.07, 6.45) is -0.631. The summed E-state index contributed by atoms with van der Waals surface area (Å²) in [5.74, 6) is 1.32. The first-order valence-corrected chi connectivity index (χ1v) is 11.5. The summed E-state index contributed by atoms with van der Waals surface area (Å²) in [5.41, 5.74) is 6.00. The van der Waals surface area contributed by atoms with Gasteiger partial charge >= 0.3 is 0 Å². The zero-order valence-corrected chi connectivity index (χ0v) is 19.9. The van der Waals surface area contributed by atoms with Crippen LogP contribution < -0.4 is 10.1 Å². The van der Waals surface area contributed by atoms with Crippen molar-refractivity contribution in [2.45, 2.75) is 46.4 Å². The molecule has 0 fully saturated rings. The molecule has 1 heterocycles. The van der Waals surface area contributed by atoms with Gasteiger partial charge in [0.25, 0.3) is 0 Å². The number of nitrogens with one attached hydrogen (secondary N) is 1. The van der Waals surface area contributed by atoms with E-state index < -0.39 is 6.10 Å². The van der Waals surface area contributed by atoms with E-state index in [1.807, 2.05) is 86.0 Å². The van der Waals surface area contributed by atoms with Crippen LogP contribution in [-0.4, -0.2) is 33.3 Å². The molecule has 0 aliphatic carbocycles. The van der Waals surface area contributed by atoms with Crippen LogP contribution in [0.2, 0.25) is 0 Å². The molecular weight excluding hydrogens is 426 g/mol. The summed E-state index contributed by atoms with van der Waals surface area (Å²) in [7, 11) is 0. The number of aryl methyl sites for hydroxylation is 2. The fraction of sp³-hybridized carbons (Fsp3) is 0.286. The maximum atomic E-state index is 12.7. The minimum Gasteiger partial charge on any atom is -0.490 e. The van der Waals surface area contributed by atoms with E-state index in [9.17, 15) is 9.90 Å². The summed E-state index contributed by atoms with van der Waals surface area (Å²) in [5, 5.41) is 13.8. The van der Waals surface area contributed by atoms with Gasteiger partial charge in [-0.3, -0.25) is 4.79 Å². The maximum Gasteiger partial charge on any atom is 0.227 e. The predicted octanol–water partition coefficient (Wildman–Crippen LogP) is 4.26. The van der Waals surface area contributed by atoms with Gasteiger partial charge in [-0.15, -0.1) is 0 Å². The van der Waals surface area contributed by atoms with Gasteiger partial charge in [-0.25, -0.2) is 4.98 Å². The van der Waals surface area contributed by atoms with E-state index in [1.165, 1.54) is 0 Å². The van der Waals surface area contributed by atoms with Crippen LogP contribution in [0.25, 0.3) is 11.0 Å². The SMILES string of the molecule is Cc1ccc(C)c(OC[C@H](O)Cn2c(CC(=O)NCc3ccccc3)nc3ccccc32)c1C. The molecule has 0 radical (unpaired) electrons. The van der Waals surface area contributed by atoms with Crippen LogP contribution in [0, 0.1) is 20.8 Å². The van der Waals surface area contributed by atoms with Crippen molar-refractivity contribution >= 4 is 16.9 Å². The van der Waals surface area contributed by atoms with Gasteiger partial charge in [-0.05, 0) is 55.2 Å². The number of rotatable bonds is 9. The maximum absolute atomic E-state index is 12.7. The molecule has 4 aromatic rings. The van der Waals surface area contributed by atoms with Gasteiger partial charge in [0.15, 0.2) is 0 Å². The van der Waals surface area contributed by atoms with Crippen molar-refractivity contribution in [1.29, 1.82) is 0 Å². The molecule has 0 aliphatic rings.